The number of ether oxygens (including phenoxy) is 2. The maximum Gasteiger partial charge on any atom is 0.407 e. The van der Waals surface area contributed by atoms with Gasteiger partial charge in [0.25, 0.3) is 0 Å². The molecule has 186 valence electrons. The lowest BCUT2D eigenvalue weighted by atomic mass is 9.98. The Labute approximate surface area is 206 Å². The van der Waals surface area contributed by atoms with Crippen LogP contribution in [0.2, 0.25) is 0 Å². The highest BCUT2D eigenvalue weighted by Gasteiger charge is 2.41. The van der Waals surface area contributed by atoms with Crippen LogP contribution in [-0.2, 0) is 19.1 Å². The number of carbonyl (C=O) groups is 3. The lowest BCUT2D eigenvalue weighted by Gasteiger charge is -2.28. The van der Waals surface area contributed by atoms with Crippen LogP contribution in [0.25, 0.3) is 11.1 Å². The number of hydrogen-bond donors (Lipinski definition) is 1. The standard InChI is InChI=1S/C28H34N2O5/c1-17(2)13-24(26(31)30-15-18(3)14-25(30)27(32)34-4)29-28(33)35-16-23-21-11-7-5-9-19(21)20-10-6-8-12-22(20)23/h5-12,17-18,23-25H,13-16H2,1-4H3,(H,29,33)/t18-,24+,25+/m1/s1. The zero-order valence-electron chi connectivity index (χ0n) is 20.8. The van der Waals surface area contributed by atoms with Crippen LogP contribution < -0.4 is 5.32 Å². The summed E-state index contributed by atoms with van der Waals surface area (Å²) < 4.78 is 10.6. The highest BCUT2D eigenvalue weighted by atomic mass is 16.5. The van der Waals surface area contributed by atoms with Gasteiger partial charge >= 0.3 is 12.1 Å². The van der Waals surface area contributed by atoms with Crippen LogP contribution in [0.1, 0.15) is 50.7 Å². The zero-order chi connectivity index (χ0) is 25.1. The normalized spacial score (nSPS) is 19.7. The molecule has 0 radical (unpaired) electrons. The van der Waals surface area contributed by atoms with E-state index in [0.717, 1.165) is 22.3 Å². The Morgan fingerprint density at radius 2 is 1.63 bits per heavy atom. The quantitative estimate of drug-likeness (QED) is 0.598. The first kappa shape index (κ1) is 24.8. The second-order valence-electron chi connectivity index (χ2n) is 10.0. The van der Waals surface area contributed by atoms with Crippen LogP contribution >= 0.6 is 0 Å². The number of rotatable bonds is 7. The van der Waals surface area contributed by atoms with E-state index in [-0.39, 0.29) is 30.3 Å². The number of alkyl carbamates (subject to hydrolysis) is 1. The molecule has 1 aliphatic carbocycles. The Morgan fingerprint density at radius 1 is 1.03 bits per heavy atom. The average molecular weight is 479 g/mol. The predicted octanol–water partition coefficient (Wildman–Crippen LogP) is 4.35. The number of benzene rings is 2. The molecule has 3 atom stereocenters. The lowest BCUT2D eigenvalue weighted by molar-refractivity contribution is -0.151. The molecule has 0 spiro atoms. The Balaban J connectivity index is 1.45. The molecular weight excluding hydrogens is 444 g/mol. The van der Waals surface area contributed by atoms with Crippen molar-refractivity contribution >= 4 is 18.0 Å². The third-order valence-electron chi connectivity index (χ3n) is 6.91. The molecule has 2 amide bonds. The van der Waals surface area contributed by atoms with Crippen molar-refractivity contribution in [3.8, 4) is 11.1 Å². The molecule has 7 nitrogen and oxygen atoms in total. The Kier molecular flexibility index (Phi) is 7.43. The highest BCUT2D eigenvalue weighted by Crippen LogP contribution is 2.44. The highest BCUT2D eigenvalue weighted by molar-refractivity contribution is 5.90. The minimum absolute atomic E-state index is 0.0597. The minimum atomic E-state index is -0.775. The monoisotopic (exact) mass is 478 g/mol. The molecule has 1 aliphatic heterocycles. The molecule has 2 aromatic carbocycles. The van der Waals surface area contributed by atoms with Gasteiger partial charge in [-0.15, -0.1) is 0 Å². The number of nitrogens with one attached hydrogen (secondary N) is 1. The van der Waals surface area contributed by atoms with Gasteiger partial charge in [0.05, 0.1) is 7.11 Å². The second kappa shape index (κ2) is 10.5. The Bertz CT molecular complexity index is 1050. The van der Waals surface area contributed by atoms with Crippen molar-refractivity contribution in [1.82, 2.24) is 10.2 Å². The van der Waals surface area contributed by atoms with E-state index in [4.69, 9.17) is 9.47 Å². The number of carbonyl (C=O) groups excluding carboxylic acids is 3. The SMILES string of the molecule is COC(=O)[C@@H]1C[C@@H](C)CN1C(=O)[C@H](CC(C)C)NC(=O)OCC1c2ccccc2-c2ccccc21. The first-order chi connectivity index (χ1) is 16.8. The molecule has 0 unspecified atom stereocenters. The molecule has 0 aromatic heterocycles. The fourth-order valence-electron chi connectivity index (χ4n) is 5.32. The Hall–Kier alpha value is -3.35. The lowest BCUT2D eigenvalue weighted by Crippen LogP contribution is -2.52. The van der Waals surface area contributed by atoms with Crippen molar-refractivity contribution in [3.05, 3.63) is 59.7 Å². The van der Waals surface area contributed by atoms with Crippen LogP contribution in [0.5, 0.6) is 0 Å². The average Bonchev–Trinajstić information content (AvgIpc) is 3.39. The topological polar surface area (TPSA) is 84.9 Å². The minimum Gasteiger partial charge on any atom is -0.467 e. The van der Waals surface area contributed by atoms with Gasteiger partial charge in [-0.2, -0.15) is 0 Å². The predicted molar refractivity (Wildman–Crippen MR) is 133 cm³/mol. The van der Waals surface area contributed by atoms with Crippen LogP contribution in [0.15, 0.2) is 48.5 Å². The van der Waals surface area contributed by atoms with E-state index in [1.807, 2.05) is 45.0 Å². The summed E-state index contributed by atoms with van der Waals surface area (Å²) in [4.78, 5) is 40.1. The molecule has 1 N–H and O–H groups in total. The zero-order valence-corrected chi connectivity index (χ0v) is 20.8. The van der Waals surface area contributed by atoms with Crippen molar-refractivity contribution in [2.24, 2.45) is 11.8 Å². The largest absolute Gasteiger partial charge is 0.467 e. The van der Waals surface area contributed by atoms with Gasteiger partial charge in [0, 0.05) is 12.5 Å². The summed E-state index contributed by atoms with van der Waals surface area (Å²) in [6.45, 7) is 6.61. The number of amides is 2. The van der Waals surface area contributed by atoms with Crippen LogP contribution in [0.3, 0.4) is 0 Å². The maximum absolute atomic E-state index is 13.4. The van der Waals surface area contributed by atoms with Gasteiger partial charge in [0.15, 0.2) is 0 Å². The number of nitrogens with zero attached hydrogens (tertiary/aromatic N) is 1. The number of hydrogen-bond acceptors (Lipinski definition) is 5. The van der Waals surface area contributed by atoms with E-state index >= 15 is 0 Å². The summed E-state index contributed by atoms with van der Waals surface area (Å²) in [5.74, 6) is -0.415. The molecule has 0 bridgehead atoms. The number of esters is 1. The fourth-order valence-corrected chi connectivity index (χ4v) is 5.32. The van der Waals surface area contributed by atoms with E-state index in [2.05, 4.69) is 29.6 Å². The summed E-state index contributed by atoms with van der Waals surface area (Å²) in [5, 5.41) is 2.78. The molecule has 2 aliphatic rings. The summed E-state index contributed by atoms with van der Waals surface area (Å²) >= 11 is 0. The van der Waals surface area contributed by atoms with Gasteiger partial charge in [0.2, 0.25) is 5.91 Å². The number of methoxy groups -OCH3 is 1. The van der Waals surface area contributed by atoms with Crippen molar-refractivity contribution in [3.63, 3.8) is 0 Å². The molecule has 1 fully saturated rings. The smallest absolute Gasteiger partial charge is 0.407 e. The van der Waals surface area contributed by atoms with Gasteiger partial charge in [0.1, 0.15) is 18.7 Å². The third kappa shape index (κ3) is 5.19. The first-order valence-corrected chi connectivity index (χ1v) is 12.3. The molecule has 0 saturated carbocycles. The van der Waals surface area contributed by atoms with Crippen molar-refractivity contribution in [2.75, 3.05) is 20.3 Å². The molecule has 35 heavy (non-hydrogen) atoms. The van der Waals surface area contributed by atoms with Gasteiger partial charge in [-0.1, -0.05) is 69.3 Å². The van der Waals surface area contributed by atoms with E-state index in [9.17, 15) is 14.4 Å². The molecular formula is C28H34N2O5. The number of likely N-dealkylation sites (tertiary alicyclic amines) is 1. The summed E-state index contributed by atoms with van der Waals surface area (Å²) in [6, 6.07) is 14.9. The summed E-state index contributed by atoms with van der Waals surface area (Å²) in [7, 11) is 1.33. The van der Waals surface area contributed by atoms with Crippen LogP contribution in [0.4, 0.5) is 4.79 Å². The molecule has 2 aromatic rings. The van der Waals surface area contributed by atoms with Crippen molar-refractivity contribution in [2.45, 2.75) is 51.6 Å². The van der Waals surface area contributed by atoms with Crippen LogP contribution in [0, 0.1) is 11.8 Å². The van der Waals surface area contributed by atoms with Gasteiger partial charge in [-0.25, -0.2) is 9.59 Å². The fraction of sp³-hybridized carbons (Fsp3) is 0.464. The second-order valence-corrected chi connectivity index (χ2v) is 10.0. The third-order valence-corrected chi connectivity index (χ3v) is 6.91. The molecule has 7 heteroatoms. The van der Waals surface area contributed by atoms with Gasteiger partial charge in [-0.3, -0.25) is 4.79 Å². The van der Waals surface area contributed by atoms with Crippen molar-refractivity contribution in [1.29, 1.82) is 0 Å². The molecule has 1 heterocycles. The van der Waals surface area contributed by atoms with Gasteiger partial charge < -0.3 is 19.7 Å². The maximum atomic E-state index is 13.4. The first-order valence-electron chi connectivity index (χ1n) is 12.3. The van der Waals surface area contributed by atoms with E-state index in [1.165, 1.54) is 7.11 Å². The van der Waals surface area contributed by atoms with Crippen LogP contribution in [-0.4, -0.2) is 55.2 Å². The van der Waals surface area contributed by atoms with Gasteiger partial charge in [-0.05, 0) is 46.9 Å². The molecule has 1 saturated heterocycles. The molecule has 4 rings (SSSR count). The van der Waals surface area contributed by atoms with E-state index in [1.54, 1.807) is 4.90 Å². The Morgan fingerprint density at radius 3 is 2.20 bits per heavy atom. The van der Waals surface area contributed by atoms with E-state index in [0.29, 0.717) is 19.4 Å². The summed E-state index contributed by atoms with van der Waals surface area (Å²) in [5.41, 5.74) is 4.57. The van der Waals surface area contributed by atoms with Crippen molar-refractivity contribution < 1.29 is 23.9 Å². The number of fused-ring (bicyclic) bond motifs is 3. The summed E-state index contributed by atoms with van der Waals surface area (Å²) in [6.07, 6.45) is 0.368. The van der Waals surface area contributed by atoms with E-state index < -0.39 is 24.1 Å².